The van der Waals surface area contributed by atoms with Gasteiger partial charge in [0.2, 0.25) is 0 Å². The van der Waals surface area contributed by atoms with Crippen LogP contribution in [0.25, 0.3) is 11.3 Å². The van der Waals surface area contributed by atoms with E-state index in [0.29, 0.717) is 29.5 Å². The zero-order valence-corrected chi connectivity index (χ0v) is 16.8. The molecule has 1 heterocycles. The van der Waals surface area contributed by atoms with Crippen molar-refractivity contribution in [3.63, 3.8) is 0 Å². The number of anilines is 1. The predicted molar refractivity (Wildman–Crippen MR) is 109 cm³/mol. The van der Waals surface area contributed by atoms with Crippen molar-refractivity contribution in [2.45, 2.75) is 26.4 Å². The third kappa shape index (κ3) is 4.82. The maximum Gasteiger partial charge on any atom is 0.416 e. The minimum atomic E-state index is -4.45. The fourth-order valence-corrected chi connectivity index (χ4v) is 3.04. The van der Waals surface area contributed by atoms with Crippen LogP contribution in [0.3, 0.4) is 0 Å². The minimum absolute atomic E-state index is 0.122. The van der Waals surface area contributed by atoms with Gasteiger partial charge in [-0.05, 0) is 48.7 Å². The number of benzene rings is 2. The summed E-state index contributed by atoms with van der Waals surface area (Å²) in [5, 5.41) is 10.2. The van der Waals surface area contributed by atoms with Gasteiger partial charge in [-0.15, -0.1) is 0 Å². The van der Waals surface area contributed by atoms with Gasteiger partial charge in [-0.2, -0.15) is 18.3 Å². The molecule has 0 spiro atoms. The second-order valence-corrected chi connectivity index (χ2v) is 7.28. The summed E-state index contributed by atoms with van der Waals surface area (Å²) in [7, 11) is 1.56. The minimum Gasteiger partial charge on any atom is -0.497 e. The van der Waals surface area contributed by atoms with Gasteiger partial charge in [0.05, 0.1) is 24.1 Å². The van der Waals surface area contributed by atoms with Crippen LogP contribution in [0.4, 0.5) is 18.9 Å². The van der Waals surface area contributed by atoms with E-state index in [4.69, 9.17) is 4.74 Å². The number of hydrogen-bond acceptors (Lipinski definition) is 3. The molecule has 0 aliphatic rings. The summed E-state index contributed by atoms with van der Waals surface area (Å²) in [4.78, 5) is 12.8. The smallest absolute Gasteiger partial charge is 0.416 e. The summed E-state index contributed by atoms with van der Waals surface area (Å²) in [6, 6.07) is 11.3. The van der Waals surface area contributed by atoms with Gasteiger partial charge in [-0.25, -0.2) is 0 Å². The Morgan fingerprint density at radius 3 is 2.47 bits per heavy atom. The van der Waals surface area contributed by atoms with Crippen LogP contribution in [0.1, 0.15) is 35.5 Å². The van der Waals surface area contributed by atoms with Gasteiger partial charge in [-0.3, -0.25) is 9.89 Å². The van der Waals surface area contributed by atoms with E-state index >= 15 is 0 Å². The van der Waals surface area contributed by atoms with E-state index in [0.717, 1.165) is 35.5 Å². The molecule has 0 saturated carbocycles. The highest BCUT2D eigenvalue weighted by atomic mass is 19.4. The molecule has 1 amide bonds. The van der Waals surface area contributed by atoms with Crippen molar-refractivity contribution in [2.75, 3.05) is 12.4 Å². The lowest BCUT2D eigenvalue weighted by Gasteiger charge is -2.11. The number of halogens is 3. The number of rotatable bonds is 6. The van der Waals surface area contributed by atoms with E-state index in [1.165, 1.54) is 0 Å². The van der Waals surface area contributed by atoms with Crippen molar-refractivity contribution in [3.05, 3.63) is 65.4 Å². The SMILES string of the molecule is COc1cccc(-c2n[nH]c(CC(C)C)c2NC(=O)c2ccc(C(F)(F)F)cc2)c1. The van der Waals surface area contributed by atoms with Crippen molar-refractivity contribution >= 4 is 11.6 Å². The van der Waals surface area contributed by atoms with Gasteiger partial charge in [0.1, 0.15) is 11.4 Å². The largest absolute Gasteiger partial charge is 0.497 e. The molecule has 0 atom stereocenters. The average molecular weight is 417 g/mol. The number of aromatic amines is 1. The number of carbonyl (C=O) groups excluding carboxylic acids is 1. The Kier molecular flexibility index (Phi) is 6.14. The van der Waals surface area contributed by atoms with Gasteiger partial charge in [0.25, 0.3) is 5.91 Å². The summed E-state index contributed by atoms with van der Waals surface area (Å²) in [6.45, 7) is 4.07. The van der Waals surface area contributed by atoms with E-state index in [9.17, 15) is 18.0 Å². The number of alkyl halides is 3. The lowest BCUT2D eigenvalue weighted by molar-refractivity contribution is -0.137. The van der Waals surface area contributed by atoms with Crippen molar-refractivity contribution in [1.82, 2.24) is 10.2 Å². The number of methoxy groups -OCH3 is 1. The molecule has 0 bridgehead atoms. The molecule has 3 rings (SSSR count). The Bertz CT molecular complexity index is 1020. The van der Waals surface area contributed by atoms with Crippen LogP contribution in [0.15, 0.2) is 48.5 Å². The van der Waals surface area contributed by atoms with Crippen molar-refractivity contribution < 1.29 is 22.7 Å². The van der Waals surface area contributed by atoms with E-state index in [2.05, 4.69) is 15.5 Å². The van der Waals surface area contributed by atoms with Crippen LogP contribution in [-0.2, 0) is 12.6 Å². The lowest BCUT2D eigenvalue weighted by Crippen LogP contribution is -2.14. The van der Waals surface area contributed by atoms with Crippen LogP contribution in [0.2, 0.25) is 0 Å². The first-order valence-corrected chi connectivity index (χ1v) is 9.39. The van der Waals surface area contributed by atoms with Gasteiger partial charge in [0.15, 0.2) is 0 Å². The molecule has 0 fully saturated rings. The van der Waals surface area contributed by atoms with Crippen molar-refractivity contribution in [3.8, 4) is 17.0 Å². The molecular formula is C22H22F3N3O2. The van der Waals surface area contributed by atoms with E-state index in [-0.39, 0.29) is 5.56 Å². The molecule has 0 aliphatic heterocycles. The molecule has 0 unspecified atom stereocenters. The summed E-state index contributed by atoms with van der Waals surface area (Å²) in [6.07, 6.45) is -3.82. The molecule has 158 valence electrons. The van der Waals surface area contributed by atoms with Crippen LogP contribution >= 0.6 is 0 Å². The van der Waals surface area contributed by atoms with E-state index in [1.54, 1.807) is 19.2 Å². The highest BCUT2D eigenvalue weighted by molar-refractivity contribution is 6.06. The molecule has 30 heavy (non-hydrogen) atoms. The fraction of sp³-hybridized carbons (Fsp3) is 0.273. The summed E-state index contributed by atoms with van der Waals surface area (Å²) < 4.78 is 43.6. The van der Waals surface area contributed by atoms with Crippen molar-refractivity contribution in [2.24, 2.45) is 5.92 Å². The number of nitrogens with zero attached hydrogens (tertiary/aromatic N) is 1. The number of carbonyl (C=O) groups is 1. The second-order valence-electron chi connectivity index (χ2n) is 7.28. The zero-order chi connectivity index (χ0) is 21.9. The third-order valence-corrected chi connectivity index (χ3v) is 4.51. The molecule has 0 saturated heterocycles. The molecule has 2 aromatic carbocycles. The number of hydrogen-bond donors (Lipinski definition) is 2. The molecular weight excluding hydrogens is 395 g/mol. The summed E-state index contributed by atoms with van der Waals surface area (Å²) >= 11 is 0. The first kappa shape index (κ1) is 21.4. The molecule has 0 radical (unpaired) electrons. The molecule has 2 N–H and O–H groups in total. The predicted octanol–water partition coefficient (Wildman–Crippen LogP) is 5.55. The zero-order valence-electron chi connectivity index (χ0n) is 16.8. The van der Waals surface area contributed by atoms with Gasteiger partial charge < -0.3 is 10.1 Å². The maximum atomic E-state index is 12.8. The third-order valence-electron chi connectivity index (χ3n) is 4.51. The number of amides is 1. The quantitative estimate of drug-likeness (QED) is 0.552. The second kappa shape index (κ2) is 8.61. The molecule has 0 aliphatic carbocycles. The Morgan fingerprint density at radius 2 is 1.87 bits per heavy atom. The fourth-order valence-electron chi connectivity index (χ4n) is 3.04. The number of nitrogens with one attached hydrogen (secondary N) is 2. The molecule has 5 nitrogen and oxygen atoms in total. The van der Waals surface area contributed by atoms with Crippen LogP contribution < -0.4 is 10.1 Å². The van der Waals surface area contributed by atoms with Crippen LogP contribution in [0.5, 0.6) is 5.75 Å². The van der Waals surface area contributed by atoms with Crippen LogP contribution in [0, 0.1) is 5.92 Å². The maximum absolute atomic E-state index is 12.8. The topological polar surface area (TPSA) is 67.0 Å². The lowest BCUT2D eigenvalue weighted by atomic mass is 10.0. The van der Waals surface area contributed by atoms with E-state index < -0.39 is 17.6 Å². The van der Waals surface area contributed by atoms with Gasteiger partial charge in [0, 0.05) is 11.1 Å². The summed E-state index contributed by atoms with van der Waals surface area (Å²) in [5.41, 5.74) is 1.83. The standard InChI is InChI=1S/C22H22F3N3O2/c1-13(2)11-18-20(19(28-27-18)15-5-4-6-17(12-15)30-3)26-21(29)14-7-9-16(10-8-14)22(23,24)25/h4-10,12-13H,11H2,1-3H3,(H,26,29)(H,27,28). The van der Waals surface area contributed by atoms with Gasteiger partial charge in [-0.1, -0.05) is 26.0 Å². The Morgan fingerprint density at radius 1 is 1.17 bits per heavy atom. The average Bonchev–Trinajstić information content (AvgIpc) is 3.09. The number of H-pyrrole nitrogens is 1. The monoisotopic (exact) mass is 417 g/mol. The first-order valence-electron chi connectivity index (χ1n) is 9.39. The Labute approximate surface area is 172 Å². The highest BCUT2D eigenvalue weighted by Crippen LogP contribution is 2.33. The normalized spacial score (nSPS) is 11.6. The Hall–Kier alpha value is -3.29. The highest BCUT2D eigenvalue weighted by Gasteiger charge is 2.30. The van der Waals surface area contributed by atoms with Crippen LogP contribution in [-0.4, -0.2) is 23.2 Å². The molecule has 3 aromatic rings. The van der Waals surface area contributed by atoms with E-state index in [1.807, 2.05) is 26.0 Å². The Balaban J connectivity index is 1.95. The number of ether oxygens (including phenoxy) is 1. The molecule has 1 aromatic heterocycles. The first-order chi connectivity index (χ1) is 14.2. The number of aromatic nitrogens is 2. The summed E-state index contributed by atoms with van der Waals surface area (Å²) in [5.74, 6) is 0.422. The van der Waals surface area contributed by atoms with Gasteiger partial charge >= 0.3 is 6.18 Å². The molecule has 8 heteroatoms. The van der Waals surface area contributed by atoms with Crippen molar-refractivity contribution in [1.29, 1.82) is 0 Å².